The molecule has 4 bridgehead atoms. The fourth-order valence-electron chi connectivity index (χ4n) is 7.83. The van der Waals surface area contributed by atoms with Crippen LogP contribution in [-0.4, -0.2) is 123 Å². The van der Waals surface area contributed by atoms with E-state index in [1.54, 1.807) is 26.0 Å². The molecular weight excluding hydrogens is 805 g/mol. The quantitative estimate of drug-likeness (QED) is 0.0406. The number of hydrogen-bond acceptors (Lipinski definition) is 15. The summed E-state index contributed by atoms with van der Waals surface area (Å²) < 4.78 is 52.7. The molecular formula is C47H72O15. The van der Waals surface area contributed by atoms with E-state index in [4.69, 9.17) is 42.6 Å². The highest BCUT2D eigenvalue weighted by Gasteiger charge is 2.57. The number of carbonyl (C=O) groups excluding carboxylic acids is 3. The molecule has 0 aliphatic carbocycles. The zero-order valence-corrected chi connectivity index (χ0v) is 37.5. The number of carbonyl (C=O) groups is 3. The number of cyclic esters (lactones) is 1. The second-order valence-corrected chi connectivity index (χ2v) is 16.9. The number of benzene rings is 1. The van der Waals surface area contributed by atoms with Gasteiger partial charge in [-0.1, -0.05) is 76.8 Å². The number of esters is 3. The first kappa shape index (κ1) is 51.4. The van der Waals surface area contributed by atoms with E-state index in [0.717, 1.165) is 49.7 Å². The van der Waals surface area contributed by atoms with Gasteiger partial charge in [0.25, 0.3) is 0 Å². The lowest BCUT2D eigenvalue weighted by Gasteiger charge is -2.51. The minimum Gasteiger partial charge on any atom is -0.466 e. The topological polar surface area (TPSA) is 195 Å². The SMILES string of the molecule is CCCCCCCC(=O)O[C@H]1C(=CC(=O)OC)C[C@H]2C[C@H](CO)OC(=O)C[C@H](O)CCO[C@H](c3ccc(CCCOCOCC)cc3)C[C@@H]3CCO[C@H](C=CC(C)(C)[C@]1(O)O2)O3. The predicted octanol–water partition coefficient (Wildman–Crippen LogP) is 6.09. The van der Waals surface area contributed by atoms with Gasteiger partial charge in [-0.3, -0.25) is 9.59 Å². The molecule has 0 aromatic heterocycles. The van der Waals surface area contributed by atoms with Crippen LogP contribution in [0.25, 0.3) is 0 Å². The van der Waals surface area contributed by atoms with Crippen LogP contribution in [0.15, 0.2) is 48.1 Å². The number of methoxy groups -OCH3 is 1. The molecule has 0 unspecified atom stereocenters. The average molecular weight is 877 g/mol. The lowest BCUT2D eigenvalue weighted by Crippen LogP contribution is -2.62. The number of rotatable bonds is 17. The molecule has 1 aromatic carbocycles. The molecule has 2 fully saturated rings. The van der Waals surface area contributed by atoms with Gasteiger partial charge in [0, 0.05) is 50.6 Å². The molecule has 8 atom stereocenters. The molecule has 15 nitrogen and oxygen atoms in total. The minimum absolute atomic E-state index is 0.0238. The standard InChI is InChI=1S/C47H72O15/c1-6-8-9-10-11-14-41(50)61-45-35(27-42(51)54-5)26-38-29-39(31-48)59-43(52)28-36(49)20-24-57-40(34-17-15-33(16-18-34)13-12-23-56-32-55-7-2)30-37-21-25-58-44(60-37)19-22-46(3,4)47(45,53)62-38/h15-19,22,27,36-40,44-45,48-49,53H,6-14,20-21,23-26,28-32H2,1-5H3/t36-,37+,38+,39-,40+,44+,45+,47-/m1/s1. The highest BCUT2D eigenvalue weighted by molar-refractivity contribution is 5.83. The molecule has 2 saturated heterocycles. The van der Waals surface area contributed by atoms with Crippen LogP contribution in [0.3, 0.4) is 0 Å². The fraction of sp³-hybridized carbons (Fsp3) is 0.723. The lowest BCUT2D eigenvalue weighted by molar-refractivity contribution is -0.327. The number of ether oxygens (including phenoxy) is 9. The number of aryl methyl sites for hydroxylation is 1. The van der Waals surface area contributed by atoms with Gasteiger partial charge in [0.1, 0.15) is 12.9 Å². The molecule has 350 valence electrons. The Morgan fingerprint density at radius 2 is 1.69 bits per heavy atom. The normalized spacial score (nSPS) is 29.4. The Kier molecular flexibility index (Phi) is 22.0. The van der Waals surface area contributed by atoms with E-state index >= 15 is 0 Å². The van der Waals surface area contributed by atoms with E-state index < -0.39 is 72.5 Å². The molecule has 0 radical (unpaired) electrons. The number of aliphatic hydroxyl groups excluding tert-OH is 2. The summed E-state index contributed by atoms with van der Waals surface area (Å²) in [5.74, 6) is -4.33. The average Bonchev–Trinajstić information content (AvgIpc) is 3.24. The molecule has 3 aliphatic rings. The van der Waals surface area contributed by atoms with Crippen molar-refractivity contribution in [2.24, 2.45) is 5.41 Å². The number of aliphatic hydroxyl groups is 3. The van der Waals surface area contributed by atoms with Gasteiger partial charge in [0.15, 0.2) is 12.4 Å². The van der Waals surface area contributed by atoms with Gasteiger partial charge in [-0.05, 0) is 68.2 Å². The highest BCUT2D eigenvalue weighted by Crippen LogP contribution is 2.47. The predicted molar refractivity (Wildman–Crippen MR) is 227 cm³/mol. The Morgan fingerprint density at radius 3 is 2.42 bits per heavy atom. The van der Waals surface area contributed by atoms with Crippen molar-refractivity contribution >= 4 is 17.9 Å². The first-order valence-electron chi connectivity index (χ1n) is 22.5. The van der Waals surface area contributed by atoms with Crippen LogP contribution in [0.4, 0.5) is 0 Å². The third kappa shape index (κ3) is 16.4. The summed E-state index contributed by atoms with van der Waals surface area (Å²) in [5.41, 5.74) is 0.960. The third-order valence-electron chi connectivity index (χ3n) is 11.5. The van der Waals surface area contributed by atoms with Crippen LogP contribution >= 0.6 is 0 Å². The Morgan fingerprint density at radius 1 is 0.935 bits per heavy atom. The maximum absolute atomic E-state index is 13.4. The summed E-state index contributed by atoms with van der Waals surface area (Å²) in [6.45, 7) is 8.85. The van der Waals surface area contributed by atoms with Crippen LogP contribution in [0.5, 0.6) is 0 Å². The summed E-state index contributed by atoms with van der Waals surface area (Å²) in [5, 5.41) is 34.0. The Bertz CT molecular complexity index is 1560. The van der Waals surface area contributed by atoms with Crippen molar-refractivity contribution in [2.45, 2.75) is 166 Å². The Balaban J connectivity index is 1.63. The number of unbranched alkanes of at least 4 members (excludes halogenated alkanes) is 4. The van der Waals surface area contributed by atoms with Crippen molar-refractivity contribution in [1.82, 2.24) is 0 Å². The van der Waals surface area contributed by atoms with Gasteiger partial charge in [0.05, 0.1) is 51.2 Å². The molecule has 3 heterocycles. The van der Waals surface area contributed by atoms with Crippen LogP contribution in [-0.2, 0) is 63.4 Å². The van der Waals surface area contributed by atoms with Gasteiger partial charge in [-0.2, -0.15) is 0 Å². The van der Waals surface area contributed by atoms with Crippen molar-refractivity contribution in [3.8, 4) is 0 Å². The van der Waals surface area contributed by atoms with Gasteiger partial charge in [0.2, 0.25) is 5.79 Å². The van der Waals surface area contributed by atoms with Crippen molar-refractivity contribution in [2.75, 3.05) is 46.9 Å². The zero-order valence-electron chi connectivity index (χ0n) is 37.5. The van der Waals surface area contributed by atoms with Crippen molar-refractivity contribution in [1.29, 1.82) is 0 Å². The summed E-state index contributed by atoms with van der Waals surface area (Å²) in [6, 6.07) is 8.17. The summed E-state index contributed by atoms with van der Waals surface area (Å²) in [7, 11) is 1.22. The summed E-state index contributed by atoms with van der Waals surface area (Å²) in [4.78, 5) is 39.3. The largest absolute Gasteiger partial charge is 0.466 e. The van der Waals surface area contributed by atoms with Crippen molar-refractivity contribution in [3.05, 3.63) is 59.2 Å². The molecule has 15 heteroatoms. The van der Waals surface area contributed by atoms with Crippen molar-refractivity contribution in [3.63, 3.8) is 0 Å². The molecule has 3 aliphatic heterocycles. The van der Waals surface area contributed by atoms with E-state index in [0.29, 0.717) is 39.1 Å². The van der Waals surface area contributed by atoms with Crippen LogP contribution in [0, 0.1) is 5.41 Å². The van der Waals surface area contributed by atoms with Crippen molar-refractivity contribution < 1.29 is 72.3 Å². The smallest absolute Gasteiger partial charge is 0.330 e. The van der Waals surface area contributed by atoms with E-state index in [1.165, 1.54) is 13.2 Å². The summed E-state index contributed by atoms with van der Waals surface area (Å²) >= 11 is 0. The van der Waals surface area contributed by atoms with Crippen LogP contribution in [0.2, 0.25) is 0 Å². The highest BCUT2D eigenvalue weighted by atomic mass is 16.7. The van der Waals surface area contributed by atoms with E-state index in [1.807, 2.05) is 19.1 Å². The summed E-state index contributed by atoms with van der Waals surface area (Å²) in [6.07, 6.45) is 5.44. The van der Waals surface area contributed by atoms with E-state index in [9.17, 15) is 29.7 Å². The number of fused-ring (bicyclic) bond motifs is 4. The molecule has 62 heavy (non-hydrogen) atoms. The van der Waals surface area contributed by atoms with Gasteiger partial charge in [-0.25, -0.2) is 4.79 Å². The van der Waals surface area contributed by atoms with E-state index in [-0.39, 0.29) is 57.2 Å². The fourth-order valence-corrected chi connectivity index (χ4v) is 7.83. The molecule has 0 spiro atoms. The maximum Gasteiger partial charge on any atom is 0.330 e. The van der Waals surface area contributed by atoms with Gasteiger partial charge >= 0.3 is 17.9 Å². The lowest BCUT2D eigenvalue weighted by atomic mass is 9.74. The molecule has 3 N–H and O–H groups in total. The molecule has 4 rings (SSSR count). The van der Waals surface area contributed by atoms with Gasteiger partial charge < -0.3 is 58.0 Å². The second-order valence-electron chi connectivity index (χ2n) is 16.9. The van der Waals surface area contributed by atoms with Gasteiger partial charge in [-0.15, -0.1) is 0 Å². The third-order valence-corrected chi connectivity index (χ3v) is 11.5. The number of hydrogen-bond donors (Lipinski definition) is 3. The zero-order chi connectivity index (χ0) is 45.0. The maximum atomic E-state index is 13.4. The van der Waals surface area contributed by atoms with Crippen LogP contribution in [0.1, 0.15) is 128 Å². The Labute approximate surface area is 367 Å². The first-order valence-corrected chi connectivity index (χ1v) is 22.5. The Hall–Kier alpha value is -3.25. The van der Waals surface area contributed by atoms with Crippen LogP contribution < -0.4 is 0 Å². The molecule has 0 saturated carbocycles. The first-order chi connectivity index (χ1) is 29.8. The monoisotopic (exact) mass is 876 g/mol. The second kappa shape index (κ2) is 26.5. The minimum atomic E-state index is -2.29. The molecule has 1 aromatic rings. The molecule has 0 amide bonds. The van der Waals surface area contributed by atoms with E-state index in [2.05, 4.69) is 19.1 Å².